The van der Waals surface area contributed by atoms with Gasteiger partial charge in [-0.3, -0.25) is 19.5 Å². The molecule has 0 radical (unpaired) electrons. The number of piperidine rings is 1. The van der Waals surface area contributed by atoms with E-state index in [0.29, 0.717) is 50.8 Å². The summed E-state index contributed by atoms with van der Waals surface area (Å²) in [5.74, 6) is -1.90. The Hall–Kier alpha value is -3.57. The van der Waals surface area contributed by atoms with E-state index in [1.165, 1.54) is 16.7 Å². The molecule has 4 heterocycles. The minimum absolute atomic E-state index is 0.160. The predicted octanol–water partition coefficient (Wildman–Crippen LogP) is 2.40. The minimum atomic E-state index is -0.920. The van der Waals surface area contributed by atoms with Crippen molar-refractivity contribution in [2.75, 3.05) is 26.3 Å². The highest BCUT2D eigenvalue weighted by Crippen LogP contribution is 2.30. The van der Waals surface area contributed by atoms with E-state index in [1.807, 2.05) is 11.8 Å². The fourth-order valence-corrected chi connectivity index (χ4v) is 5.28. The first-order valence-corrected chi connectivity index (χ1v) is 12.2. The number of aliphatic carboxylic acids is 1. The van der Waals surface area contributed by atoms with E-state index in [9.17, 15) is 23.5 Å². The third-order valence-electron chi connectivity index (χ3n) is 7.21. The molecular weight excluding hydrogens is 486 g/mol. The average Bonchev–Trinajstić information content (AvgIpc) is 2.87. The van der Waals surface area contributed by atoms with Crippen LogP contribution >= 0.6 is 0 Å². The molecule has 3 atom stereocenters. The van der Waals surface area contributed by atoms with Gasteiger partial charge < -0.3 is 24.5 Å². The van der Waals surface area contributed by atoms with Crippen LogP contribution in [-0.2, 0) is 17.9 Å². The number of carboxylic acids is 1. The standard InChI is InChI=1S/C26H28F2N4O5/c1-15-25(26(34)35)20(30-13-17-12-22-23(14-29-17)37-9-8-36-22)4-5-31(15)6-7-32-21-11-16(27)10-19(28)18(21)2-3-24(32)33/h2-3,10-12,14-15,20,25,30H,4-9,13H2,1H3,(H,34,35)/t15?,20-,25-/m1/s1. The molecular formula is C26H28F2N4O5. The summed E-state index contributed by atoms with van der Waals surface area (Å²) in [7, 11) is 0. The van der Waals surface area contributed by atoms with Crippen LogP contribution in [0.5, 0.6) is 11.5 Å². The molecule has 5 rings (SSSR count). The lowest BCUT2D eigenvalue weighted by Crippen LogP contribution is -2.57. The lowest BCUT2D eigenvalue weighted by Gasteiger charge is -2.42. The second-order valence-corrected chi connectivity index (χ2v) is 9.38. The average molecular weight is 515 g/mol. The second-order valence-electron chi connectivity index (χ2n) is 9.38. The minimum Gasteiger partial charge on any atom is -0.486 e. The molecule has 0 aliphatic carbocycles. The molecule has 2 N–H and O–H groups in total. The highest BCUT2D eigenvalue weighted by molar-refractivity contribution is 5.79. The Morgan fingerprint density at radius 1 is 1.16 bits per heavy atom. The van der Waals surface area contributed by atoms with Gasteiger partial charge in [0.05, 0.1) is 23.3 Å². The molecule has 1 fully saturated rings. The Bertz CT molecular complexity index is 1380. The van der Waals surface area contributed by atoms with Crippen LogP contribution in [0.15, 0.2) is 41.3 Å². The van der Waals surface area contributed by atoms with Crippen LogP contribution in [0.25, 0.3) is 10.9 Å². The number of hydrogen-bond acceptors (Lipinski definition) is 7. The molecule has 2 aromatic heterocycles. The molecule has 196 valence electrons. The molecule has 0 spiro atoms. The SMILES string of the molecule is CC1[C@@H](C(=O)O)[C@H](NCc2cc3c(cn2)OCCO3)CCN1CCn1c(=O)ccc2c(F)cc(F)cc21. The summed E-state index contributed by atoms with van der Waals surface area (Å²) in [6.45, 7) is 4.30. The van der Waals surface area contributed by atoms with Crippen molar-refractivity contribution in [3.63, 3.8) is 0 Å². The molecule has 2 aliphatic heterocycles. The molecule has 1 unspecified atom stereocenters. The summed E-state index contributed by atoms with van der Waals surface area (Å²) >= 11 is 0. The number of pyridine rings is 2. The number of likely N-dealkylation sites (tertiary alicyclic amines) is 1. The van der Waals surface area contributed by atoms with Crippen LogP contribution < -0.4 is 20.3 Å². The summed E-state index contributed by atoms with van der Waals surface area (Å²) in [5.41, 5.74) is 0.526. The molecule has 3 aromatic rings. The topological polar surface area (TPSA) is 106 Å². The molecule has 2 aliphatic rings. The van der Waals surface area contributed by atoms with Crippen LogP contribution in [-0.4, -0.2) is 63.9 Å². The zero-order chi connectivity index (χ0) is 26.1. The van der Waals surface area contributed by atoms with E-state index in [-0.39, 0.29) is 35.1 Å². The van der Waals surface area contributed by atoms with E-state index in [2.05, 4.69) is 10.3 Å². The van der Waals surface area contributed by atoms with Gasteiger partial charge in [-0.2, -0.15) is 0 Å². The number of halogens is 2. The Morgan fingerprint density at radius 3 is 2.73 bits per heavy atom. The lowest BCUT2D eigenvalue weighted by molar-refractivity contribution is -0.147. The maximum atomic E-state index is 14.2. The number of aromatic nitrogens is 2. The van der Waals surface area contributed by atoms with E-state index in [1.54, 1.807) is 12.3 Å². The van der Waals surface area contributed by atoms with Crippen molar-refractivity contribution in [1.29, 1.82) is 0 Å². The Kier molecular flexibility index (Phi) is 7.07. The van der Waals surface area contributed by atoms with E-state index >= 15 is 0 Å². The van der Waals surface area contributed by atoms with Gasteiger partial charge in [0.2, 0.25) is 0 Å². The molecule has 1 saturated heterocycles. The molecule has 1 aromatic carbocycles. The summed E-state index contributed by atoms with van der Waals surface area (Å²) < 4.78 is 40.5. The fraction of sp³-hybridized carbons (Fsp3) is 0.423. The normalized spacial score (nSPS) is 21.8. The highest BCUT2D eigenvalue weighted by Gasteiger charge is 2.39. The third-order valence-corrected chi connectivity index (χ3v) is 7.21. The van der Waals surface area contributed by atoms with Crippen LogP contribution in [0.3, 0.4) is 0 Å². The lowest BCUT2D eigenvalue weighted by atomic mass is 9.85. The summed E-state index contributed by atoms with van der Waals surface area (Å²) in [6.07, 6.45) is 2.18. The molecule has 0 amide bonds. The zero-order valence-electron chi connectivity index (χ0n) is 20.3. The van der Waals surface area contributed by atoms with Gasteiger partial charge in [0.25, 0.3) is 5.56 Å². The van der Waals surface area contributed by atoms with Gasteiger partial charge in [-0.05, 0) is 25.5 Å². The van der Waals surface area contributed by atoms with Crippen LogP contribution in [0.1, 0.15) is 19.0 Å². The molecule has 0 saturated carbocycles. The van der Waals surface area contributed by atoms with Gasteiger partial charge in [-0.25, -0.2) is 8.78 Å². The predicted molar refractivity (Wildman–Crippen MR) is 131 cm³/mol. The third kappa shape index (κ3) is 5.14. The molecule has 11 heteroatoms. The summed E-state index contributed by atoms with van der Waals surface area (Å²) in [6, 6.07) is 5.71. The Labute approximate surface area is 211 Å². The van der Waals surface area contributed by atoms with Gasteiger partial charge in [0, 0.05) is 61.8 Å². The zero-order valence-corrected chi connectivity index (χ0v) is 20.3. The largest absolute Gasteiger partial charge is 0.486 e. The molecule has 9 nitrogen and oxygen atoms in total. The second kappa shape index (κ2) is 10.4. The first kappa shape index (κ1) is 25.1. The number of ether oxygens (including phenoxy) is 2. The van der Waals surface area contributed by atoms with Crippen LogP contribution in [0.2, 0.25) is 0 Å². The van der Waals surface area contributed by atoms with E-state index in [4.69, 9.17) is 9.47 Å². The first-order chi connectivity index (χ1) is 17.8. The van der Waals surface area contributed by atoms with Crippen LogP contribution in [0.4, 0.5) is 8.78 Å². The number of rotatable bonds is 7. The number of carbonyl (C=O) groups is 1. The quantitative estimate of drug-likeness (QED) is 0.495. The molecule has 37 heavy (non-hydrogen) atoms. The van der Waals surface area contributed by atoms with Crippen molar-refractivity contribution in [2.45, 2.75) is 38.5 Å². The maximum absolute atomic E-state index is 14.2. The first-order valence-electron chi connectivity index (χ1n) is 12.2. The van der Waals surface area contributed by atoms with Gasteiger partial charge >= 0.3 is 5.97 Å². The van der Waals surface area contributed by atoms with Crippen molar-refractivity contribution < 1.29 is 28.2 Å². The fourth-order valence-electron chi connectivity index (χ4n) is 5.28. The van der Waals surface area contributed by atoms with Crippen molar-refractivity contribution in [1.82, 2.24) is 19.8 Å². The Balaban J connectivity index is 1.27. The smallest absolute Gasteiger partial charge is 0.309 e. The van der Waals surface area contributed by atoms with E-state index < -0.39 is 23.5 Å². The van der Waals surface area contributed by atoms with Gasteiger partial charge in [0.15, 0.2) is 11.5 Å². The Morgan fingerprint density at radius 2 is 1.95 bits per heavy atom. The number of nitrogens with zero attached hydrogens (tertiary/aromatic N) is 3. The number of benzene rings is 1. The maximum Gasteiger partial charge on any atom is 0.309 e. The number of nitrogens with one attached hydrogen (secondary N) is 1. The monoisotopic (exact) mass is 514 g/mol. The van der Waals surface area contributed by atoms with Crippen molar-refractivity contribution >= 4 is 16.9 Å². The number of carboxylic acid groups (broad SMARTS) is 1. The van der Waals surface area contributed by atoms with Gasteiger partial charge in [0.1, 0.15) is 24.8 Å². The highest BCUT2D eigenvalue weighted by atomic mass is 19.1. The number of hydrogen-bond donors (Lipinski definition) is 2. The van der Waals surface area contributed by atoms with Gasteiger partial charge in [-0.15, -0.1) is 0 Å². The van der Waals surface area contributed by atoms with Crippen molar-refractivity contribution in [3.05, 3.63) is 64.2 Å². The summed E-state index contributed by atoms with van der Waals surface area (Å²) in [5, 5.41) is 13.5. The van der Waals surface area contributed by atoms with Crippen molar-refractivity contribution in [2.24, 2.45) is 5.92 Å². The number of fused-ring (bicyclic) bond motifs is 2. The van der Waals surface area contributed by atoms with Crippen LogP contribution in [0, 0.1) is 17.6 Å². The van der Waals surface area contributed by atoms with Crippen molar-refractivity contribution in [3.8, 4) is 11.5 Å². The summed E-state index contributed by atoms with van der Waals surface area (Å²) in [4.78, 5) is 31.1. The van der Waals surface area contributed by atoms with E-state index in [0.717, 1.165) is 17.8 Å². The van der Waals surface area contributed by atoms with Gasteiger partial charge in [-0.1, -0.05) is 0 Å². The molecule has 0 bridgehead atoms.